The van der Waals surface area contributed by atoms with Crippen LogP contribution in [0.5, 0.6) is 0 Å². The van der Waals surface area contributed by atoms with Gasteiger partial charge in [0.1, 0.15) is 5.82 Å². The third kappa shape index (κ3) is 2.73. The minimum Gasteiger partial charge on any atom is -0.376 e. The molecule has 1 atom stereocenters. The van der Waals surface area contributed by atoms with Gasteiger partial charge in [-0.05, 0) is 43.9 Å². The predicted molar refractivity (Wildman–Crippen MR) is 83.6 cm³/mol. The van der Waals surface area contributed by atoms with Crippen LogP contribution in [0.2, 0.25) is 0 Å². The molecule has 0 radical (unpaired) electrons. The topological polar surface area (TPSA) is 42.4 Å². The van der Waals surface area contributed by atoms with Crippen molar-refractivity contribution in [2.45, 2.75) is 31.8 Å². The van der Waals surface area contributed by atoms with Crippen LogP contribution in [0.15, 0.2) is 18.2 Å². The van der Waals surface area contributed by atoms with Crippen molar-refractivity contribution in [1.29, 1.82) is 0 Å². The molecule has 22 heavy (non-hydrogen) atoms. The lowest BCUT2D eigenvalue weighted by molar-refractivity contribution is -0.120. The van der Waals surface area contributed by atoms with Crippen LogP contribution in [0, 0.1) is 11.7 Å². The van der Waals surface area contributed by atoms with Gasteiger partial charge in [0.15, 0.2) is 5.13 Å². The summed E-state index contributed by atoms with van der Waals surface area (Å²) in [7, 11) is 0. The zero-order valence-electron chi connectivity index (χ0n) is 12.1. The number of rotatable bonds is 4. The summed E-state index contributed by atoms with van der Waals surface area (Å²) in [6, 6.07) is 4.54. The van der Waals surface area contributed by atoms with Gasteiger partial charge in [0.05, 0.1) is 22.9 Å². The number of carbonyl (C=O) groups excluding carboxylic acids is 1. The molecule has 1 amide bonds. The average Bonchev–Trinajstić information content (AvgIpc) is 3.07. The summed E-state index contributed by atoms with van der Waals surface area (Å²) in [5.41, 5.74) is 0.738. The van der Waals surface area contributed by atoms with Crippen LogP contribution in [0.3, 0.4) is 0 Å². The van der Waals surface area contributed by atoms with Crippen molar-refractivity contribution in [3.63, 3.8) is 0 Å². The first-order chi connectivity index (χ1) is 10.7. The van der Waals surface area contributed by atoms with E-state index in [1.165, 1.54) is 23.5 Å². The van der Waals surface area contributed by atoms with E-state index in [-0.39, 0.29) is 23.7 Å². The number of hydrogen-bond acceptors (Lipinski definition) is 4. The van der Waals surface area contributed by atoms with Crippen LogP contribution in [0.25, 0.3) is 10.2 Å². The number of anilines is 1. The molecule has 1 aromatic heterocycles. The van der Waals surface area contributed by atoms with E-state index in [1.54, 1.807) is 11.0 Å². The minimum absolute atomic E-state index is 0.0893. The fourth-order valence-corrected chi connectivity index (χ4v) is 3.81. The Morgan fingerprint density at radius 3 is 3.00 bits per heavy atom. The highest BCUT2D eigenvalue weighted by molar-refractivity contribution is 7.22. The van der Waals surface area contributed by atoms with Gasteiger partial charge in [-0.1, -0.05) is 11.3 Å². The van der Waals surface area contributed by atoms with Crippen molar-refractivity contribution in [1.82, 2.24) is 4.98 Å². The monoisotopic (exact) mass is 320 g/mol. The number of thiazole rings is 1. The summed E-state index contributed by atoms with van der Waals surface area (Å²) in [5.74, 6) is -0.0120. The van der Waals surface area contributed by atoms with Crippen molar-refractivity contribution in [2.24, 2.45) is 5.92 Å². The highest BCUT2D eigenvalue weighted by atomic mass is 32.1. The number of amides is 1. The molecule has 1 aliphatic carbocycles. The molecule has 0 bridgehead atoms. The smallest absolute Gasteiger partial charge is 0.231 e. The van der Waals surface area contributed by atoms with Gasteiger partial charge in [-0.2, -0.15) is 0 Å². The first-order valence-electron chi connectivity index (χ1n) is 7.70. The maximum Gasteiger partial charge on any atom is 0.231 e. The molecule has 0 spiro atoms. The number of hydrogen-bond donors (Lipinski definition) is 0. The molecule has 0 N–H and O–H groups in total. The molecule has 2 fully saturated rings. The van der Waals surface area contributed by atoms with Crippen molar-refractivity contribution < 1.29 is 13.9 Å². The Balaban J connectivity index is 1.65. The van der Waals surface area contributed by atoms with Gasteiger partial charge >= 0.3 is 0 Å². The normalized spacial score (nSPS) is 21.4. The van der Waals surface area contributed by atoms with E-state index in [2.05, 4.69) is 4.98 Å². The Morgan fingerprint density at radius 1 is 1.41 bits per heavy atom. The van der Waals surface area contributed by atoms with Crippen LogP contribution in [-0.4, -0.2) is 30.1 Å². The van der Waals surface area contributed by atoms with E-state index in [0.29, 0.717) is 11.7 Å². The molecule has 1 saturated carbocycles. The molecule has 1 saturated heterocycles. The van der Waals surface area contributed by atoms with E-state index >= 15 is 0 Å². The highest BCUT2D eigenvalue weighted by Crippen LogP contribution is 2.36. The van der Waals surface area contributed by atoms with Gasteiger partial charge in [-0.25, -0.2) is 9.37 Å². The molecule has 1 aromatic carbocycles. The van der Waals surface area contributed by atoms with Gasteiger partial charge in [0, 0.05) is 12.5 Å². The zero-order chi connectivity index (χ0) is 15.1. The van der Waals surface area contributed by atoms with Crippen molar-refractivity contribution in [3.05, 3.63) is 24.0 Å². The maximum atomic E-state index is 13.3. The lowest BCUT2D eigenvalue weighted by atomic mass is 10.2. The second kappa shape index (κ2) is 5.59. The Morgan fingerprint density at radius 2 is 2.27 bits per heavy atom. The Labute approximate surface area is 131 Å². The molecule has 4 nitrogen and oxygen atoms in total. The second-order valence-corrected chi connectivity index (χ2v) is 6.98. The van der Waals surface area contributed by atoms with Crippen LogP contribution in [-0.2, 0) is 9.53 Å². The van der Waals surface area contributed by atoms with Gasteiger partial charge in [0.25, 0.3) is 0 Å². The predicted octanol–water partition coefficient (Wildman–Crippen LogP) is 3.36. The number of halogens is 1. The first kappa shape index (κ1) is 14.1. The van der Waals surface area contributed by atoms with Crippen molar-refractivity contribution in [3.8, 4) is 0 Å². The van der Waals surface area contributed by atoms with Crippen LogP contribution < -0.4 is 4.90 Å². The lowest BCUT2D eigenvalue weighted by Gasteiger charge is -2.22. The molecule has 116 valence electrons. The molecule has 2 aromatic rings. The van der Waals surface area contributed by atoms with Crippen LogP contribution >= 0.6 is 11.3 Å². The number of fused-ring (bicyclic) bond motifs is 1. The third-order valence-corrected chi connectivity index (χ3v) is 5.21. The molecule has 6 heteroatoms. The SMILES string of the molecule is O=C(C1CC1)N(CC1CCCO1)c1nc2ccc(F)cc2s1. The van der Waals surface area contributed by atoms with Crippen molar-refractivity contribution >= 4 is 32.6 Å². The largest absolute Gasteiger partial charge is 0.376 e. The van der Waals surface area contributed by atoms with E-state index in [4.69, 9.17) is 4.74 Å². The number of carbonyl (C=O) groups is 1. The van der Waals surface area contributed by atoms with Crippen LogP contribution in [0.1, 0.15) is 25.7 Å². The molecule has 1 aliphatic heterocycles. The average molecular weight is 320 g/mol. The summed E-state index contributed by atoms with van der Waals surface area (Å²) in [6.07, 6.45) is 4.03. The number of nitrogens with zero attached hydrogens (tertiary/aromatic N) is 2. The summed E-state index contributed by atoms with van der Waals surface area (Å²) < 4.78 is 19.8. The maximum absolute atomic E-state index is 13.3. The third-order valence-electron chi connectivity index (χ3n) is 4.17. The number of ether oxygens (including phenoxy) is 1. The second-order valence-electron chi connectivity index (χ2n) is 5.97. The molecule has 1 unspecified atom stereocenters. The van der Waals surface area contributed by atoms with Gasteiger partial charge in [0.2, 0.25) is 5.91 Å². The van der Waals surface area contributed by atoms with Gasteiger partial charge in [-0.15, -0.1) is 0 Å². The summed E-state index contributed by atoms with van der Waals surface area (Å²) in [4.78, 5) is 18.9. The molecular formula is C16H17FN2O2S. The molecular weight excluding hydrogens is 303 g/mol. The molecule has 2 aliphatic rings. The van der Waals surface area contributed by atoms with E-state index in [1.807, 2.05) is 0 Å². The van der Waals surface area contributed by atoms with E-state index < -0.39 is 0 Å². The lowest BCUT2D eigenvalue weighted by Crippen LogP contribution is -2.38. The minimum atomic E-state index is -0.276. The number of aromatic nitrogens is 1. The highest BCUT2D eigenvalue weighted by Gasteiger charge is 2.36. The Hall–Kier alpha value is -1.53. The van der Waals surface area contributed by atoms with E-state index in [0.717, 1.165) is 42.5 Å². The summed E-state index contributed by atoms with van der Waals surface area (Å²) >= 11 is 1.37. The van der Waals surface area contributed by atoms with Gasteiger partial charge < -0.3 is 4.74 Å². The van der Waals surface area contributed by atoms with Crippen molar-refractivity contribution in [2.75, 3.05) is 18.1 Å². The molecule has 4 rings (SSSR count). The van der Waals surface area contributed by atoms with Crippen LogP contribution in [0.4, 0.5) is 9.52 Å². The fourth-order valence-electron chi connectivity index (χ4n) is 2.81. The van der Waals surface area contributed by atoms with E-state index in [9.17, 15) is 9.18 Å². The zero-order valence-corrected chi connectivity index (χ0v) is 12.9. The quantitative estimate of drug-likeness (QED) is 0.867. The summed E-state index contributed by atoms with van der Waals surface area (Å²) in [6.45, 7) is 1.32. The fraction of sp³-hybridized carbons (Fsp3) is 0.500. The first-order valence-corrected chi connectivity index (χ1v) is 8.51. The number of benzene rings is 1. The summed E-state index contributed by atoms with van der Waals surface area (Å²) in [5, 5.41) is 0.660. The standard InChI is InChI=1S/C16H17FN2O2S/c17-11-5-6-13-14(8-11)22-16(18-13)19(15(20)10-3-4-10)9-12-2-1-7-21-12/h5-6,8,10,12H,1-4,7,9H2. The van der Waals surface area contributed by atoms with Gasteiger partial charge in [-0.3, -0.25) is 9.69 Å². The Kier molecular flexibility index (Phi) is 3.58. The Bertz CT molecular complexity index is 707. The molecule has 2 heterocycles.